The van der Waals surface area contributed by atoms with Gasteiger partial charge >= 0.3 is 0 Å². The fourth-order valence-electron chi connectivity index (χ4n) is 11.6. The van der Waals surface area contributed by atoms with E-state index in [1.165, 1.54) is 142 Å². The molecule has 0 fully saturated rings. The normalized spacial score (nSPS) is 11.7. The van der Waals surface area contributed by atoms with Gasteiger partial charge in [0.25, 0.3) is 0 Å². The van der Waals surface area contributed by atoms with Gasteiger partial charge in [-0.3, -0.25) is 0 Å². The SMILES string of the molecule is c1ccc(-c2c3ccccc3c(-c3cccc(-c4ccc5ccc(-c6ccc7ccc(-c8c9ccccc9c(-c9cccc%10ccccc9%10)c9ccccc89)cc7c6)cc5c4)c3)c3ccccc23)cc1. The highest BCUT2D eigenvalue weighted by molar-refractivity contribution is 6.24. The minimum absolute atomic E-state index is 1.20. The lowest BCUT2D eigenvalue weighted by molar-refractivity contribution is 1.62. The molecule has 70 heavy (non-hydrogen) atoms. The quantitative estimate of drug-likeness (QED) is 0.146. The van der Waals surface area contributed by atoms with Crippen molar-refractivity contribution in [3.63, 3.8) is 0 Å². The summed E-state index contributed by atoms with van der Waals surface area (Å²) in [4.78, 5) is 0. The standard InChI is InChI=1S/C70H44/c1-2-17-48(18-3-1)67-59-23-6-8-25-61(59)68(62-26-9-7-24-60(62)67)53-21-14-20-49(40-53)50-36-32-45-33-37-51(42-55(45)41-50)52-38-34-46-35-39-54(44-56(46)43-52)69-63-27-10-12-29-65(63)70(66-30-13-11-28-64(66)69)58-31-15-19-47-16-4-5-22-57(47)58/h1-44H. The van der Waals surface area contributed by atoms with Crippen LogP contribution in [0.4, 0.5) is 0 Å². The van der Waals surface area contributed by atoms with Crippen molar-refractivity contribution in [3.8, 4) is 66.8 Å². The maximum Gasteiger partial charge on any atom is -0.00201 e. The van der Waals surface area contributed by atoms with Gasteiger partial charge in [0.2, 0.25) is 0 Å². The third-order valence-electron chi connectivity index (χ3n) is 14.8. The van der Waals surface area contributed by atoms with Crippen LogP contribution in [0.25, 0.3) is 142 Å². The van der Waals surface area contributed by atoms with Gasteiger partial charge in [0.1, 0.15) is 0 Å². The van der Waals surface area contributed by atoms with Gasteiger partial charge < -0.3 is 0 Å². The van der Waals surface area contributed by atoms with Crippen molar-refractivity contribution >= 4 is 75.4 Å². The van der Waals surface area contributed by atoms with E-state index in [1.807, 2.05) is 0 Å². The maximum atomic E-state index is 2.40. The van der Waals surface area contributed by atoms with Gasteiger partial charge in [-0.2, -0.15) is 0 Å². The molecule has 0 N–H and O–H groups in total. The van der Waals surface area contributed by atoms with Gasteiger partial charge in [-0.1, -0.05) is 237 Å². The number of benzene rings is 14. The van der Waals surface area contributed by atoms with Crippen LogP contribution in [0.15, 0.2) is 267 Å². The van der Waals surface area contributed by atoms with Crippen molar-refractivity contribution in [2.45, 2.75) is 0 Å². The third kappa shape index (κ3) is 6.53. The van der Waals surface area contributed by atoms with E-state index < -0.39 is 0 Å². The van der Waals surface area contributed by atoms with Crippen LogP contribution >= 0.6 is 0 Å². The summed E-state index contributed by atoms with van der Waals surface area (Å²) in [5.41, 5.74) is 14.9. The zero-order valence-electron chi connectivity index (χ0n) is 38.4. The molecule has 0 aliphatic heterocycles. The van der Waals surface area contributed by atoms with E-state index >= 15 is 0 Å². The predicted octanol–water partition coefficient (Wildman–Crippen LogP) is 19.8. The second-order valence-electron chi connectivity index (χ2n) is 18.7. The van der Waals surface area contributed by atoms with E-state index in [4.69, 9.17) is 0 Å². The van der Waals surface area contributed by atoms with Crippen molar-refractivity contribution < 1.29 is 0 Å². The lowest BCUT2D eigenvalue weighted by Crippen LogP contribution is -1.91. The van der Waals surface area contributed by atoms with Gasteiger partial charge in [0, 0.05) is 0 Å². The topological polar surface area (TPSA) is 0 Å². The highest BCUT2D eigenvalue weighted by atomic mass is 14.2. The second kappa shape index (κ2) is 16.3. The van der Waals surface area contributed by atoms with Crippen LogP contribution in [0, 0.1) is 0 Å². The molecular formula is C70H44. The smallest absolute Gasteiger partial charge is 0.00201 e. The van der Waals surface area contributed by atoms with Gasteiger partial charge in [-0.15, -0.1) is 0 Å². The zero-order valence-corrected chi connectivity index (χ0v) is 38.4. The minimum atomic E-state index is 1.20. The summed E-state index contributed by atoms with van der Waals surface area (Å²) >= 11 is 0. The van der Waals surface area contributed by atoms with Gasteiger partial charge in [-0.05, 0) is 173 Å². The minimum Gasteiger partial charge on any atom is -0.0622 e. The molecule has 0 atom stereocenters. The largest absolute Gasteiger partial charge is 0.0622 e. The van der Waals surface area contributed by atoms with Crippen LogP contribution in [-0.4, -0.2) is 0 Å². The van der Waals surface area contributed by atoms with Crippen LogP contribution in [0.5, 0.6) is 0 Å². The van der Waals surface area contributed by atoms with Crippen molar-refractivity contribution in [1.29, 1.82) is 0 Å². The van der Waals surface area contributed by atoms with Crippen LogP contribution in [0.2, 0.25) is 0 Å². The first-order chi connectivity index (χ1) is 34.7. The Morgan fingerprint density at radius 2 is 0.457 bits per heavy atom. The molecule has 14 aromatic rings. The molecule has 0 unspecified atom stereocenters. The molecule has 0 spiro atoms. The van der Waals surface area contributed by atoms with Crippen LogP contribution < -0.4 is 0 Å². The molecule has 0 radical (unpaired) electrons. The van der Waals surface area contributed by atoms with E-state index in [-0.39, 0.29) is 0 Å². The average molecular weight is 885 g/mol. The lowest BCUT2D eigenvalue weighted by atomic mass is 9.84. The first-order valence-corrected chi connectivity index (χ1v) is 24.3. The summed E-state index contributed by atoms with van der Waals surface area (Å²) in [7, 11) is 0. The molecule has 0 amide bonds. The molecule has 0 saturated heterocycles. The number of fused-ring (bicyclic) bond motifs is 7. The summed E-state index contributed by atoms with van der Waals surface area (Å²) in [5, 5.41) is 17.6. The number of rotatable bonds is 6. The monoisotopic (exact) mass is 884 g/mol. The summed E-state index contributed by atoms with van der Waals surface area (Å²) in [6.45, 7) is 0. The molecule has 0 saturated carbocycles. The van der Waals surface area contributed by atoms with E-state index in [2.05, 4.69) is 267 Å². The Bertz CT molecular complexity index is 4280. The van der Waals surface area contributed by atoms with Crippen molar-refractivity contribution in [1.82, 2.24) is 0 Å². The highest BCUT2D eigenvalue weighted by Crippen LogP contribution is 2.47. The zero-order chi connectivity index (χ0) is 46.1. The molecular weight excluding hydrogens is 841 g/mol. The predicted molar refractivity (Wildman–Crippen MR) is 302 cm³/mol. The van der Waals surface area contributed by atoms with Crippen LogP contribution in [-0.2, 0) is 0 Å². The van der Waals surface area contributed by atoms with Crippen LogP contribution in [0.1, 0.15) is 0 Å². The fourth-order valence-corrected chi connectivity index (χ4v) is 11.6. The van der Waals surface area contributed by atoms with Gasteiger partial charge in [0.15, 0.2) is 0 Å². The first kappa shape index (κ1) is 40.0. The first-order valence-electron chi connectivity index (χ1n) is 24.3. The number of hydrogen-bond donors (Lipinski definition) is 0. The molecule has 0 heteroatoms. The summed E-state index contributed by atoms with van der Waals surface area (Å²) in [5.74, 6) is 0. The molecule has 0 aliphatic carbocycles. The van der Waals surface area contributed by atoms with Crippen molar-refractivity contribution in [2.75, 3.05) is 0 Å². The Labute approximate surface area is 407 Å². The van der Waals surface area contributed by atoms with E-state index in [1.54, 1.807) is 0 Å². The van der Waals surface area contributed by atoms with E-state index in [0.717, 1.165) is 0 Å². The molecule has 0 aromatic heterocycles. The molecule has 324 valence electrons. The summed E-state index contributed by atoms with van der Waals surface area (Å²) in [6, 6.07) is 98.9. The molecule has 0 nitrogen and oxygen atoms in total. The summed E-state index contributed by atoms with van der Waals surface area (Å²) in [6.07, 6.45) is 0. The van der Waals surface area contributed by atoms with Crippen LogP contribution in [0.3, 0.4) is 0 Å². The van der Waals surface area contributed by atoms with Crippen molar-refractivity contribution in [3.05, 3.63) is 267 Å². The van der Waals surface area contributed by atoms with E-state index in [9.17, 15) is 0 Å². The summed E-state index contributed by atoms with van der Waals surface area (Å²) < 4.78 is 0. The lowest BCUT2D eigenvalue weighted by Gasteiger charge is -2.19. The molecule has 0 bridgehead atoms. The van der Waals surface area contributed by atoms with Gasteiger partial charge in [0.05, 0.1) is 0 Å². The number of hydrogen-bond acceptors (Lipinski definition) is 0. The highest BCUT2D eigenvalue weighted by Gasteiger charge is 2.20. The molecule has 0 aliphatic rings. The molecule has 14 aromatic carbocycles. The Morgan fingerprint density at radius 1 is 0.143 bits per heavy atom. The van der Waals surface area contributed by atoms with Gasteiger partial charge in [-0.25, -0.2) is 0 Å². The molecule has 0 heterocycles. The second-order valence-corrected chi connectivity index (χ2v) is 18.7. The Kier molecular flexibility index (Phi) is 9.32. The average Bonchev–Trinajstić information content (AvgIpc) is 3.43. The van der Waals surface area contributed by atoms with E-state index in [0.29, 0.717) is 0 Å². The third-order valence-corrected chi connectivity index (χ3v) is 14.8. The fraction of sp³-hybridized carbons (Fsp3) is 0. The Balaban J connectivity index is 0.859. The Hall–Kier alpha value is -9.10. The molecule has 14 rings (SSSR count). The Morgan fingerprint density at radius 3 is 0.957 bits per heavy atom. The maximum absolute atomic E-state index is 2.40. The van der Waals surface area contributed by atoms with Crippen molar-refractivity contribution in [2.24, 2.45) is 0 Å².